The first-order valence-corrected chi connectivity index (χ1v) is 24.1. The Morgan fingerprint density at radius 1 is 0.348 bits per heavy atom. The molecule has 0 bridgehead atoms. The maximum Gasteiger partial charge on any atom is 0.0623 e. The van der Waals surface area contributed by atoms with Crippen molar-refractivity contribution in [3.05, 3.63) is 254 Å². The van der Waals surface area contributed by atoms with Gasteiger partial charge in [-0.15, -0.1) is 0 Å². The van der Waals surface area contributed by atoms with Crippen LogP contribution < -0.4 is 4.90 Å². The lowest BCUT2D eigenvalue weighted by molar-refractivity contribution is 0.661. The normalized spacial score (nSPS) is 12.9. The maximum atomic E-state index is 2.57. The first kappa shape index (κ1) is 39.4. The van der Waals surface area contributed by atoms with E-state index in [-0.39, 0.29) is 5.41 Å². The molecule has 0 atom stereocenters. The van der Waals surface area contributed by atoms with Gasteiger partial charge in [0, 0.05) is 44.3 Å². The summed E-state index contributed by atoms with van der Waals surface area (Å²) in [5.74, 6) is 0. The zero-order valence-corrected chi connectivity index (χ0v) is 38.5. The molecule has 0 unspecified atom stereocenters. The number of benzene rings is 11. The fourth-order valence-electron chi connectivity index (χ4n) is 11.8. The van der Waals surface area contributed by atoms with Crippen molar-refractivity contribution in [2.45, 2.75) is 19.3 Å². The topological polar surface area (TPSA) is 8.17 Å². The van der Waals surface area contributed by atoms with Gasteiger partial charge < -0.3 is 9.47 Å². The Hall–Kier alpha value is -8.72. The molecule has 11 aromatic carbocycles. The molecular weight excluding hydrogens is 833 g/mol. The summed E-state index contributed by atoms with van der Waals surface area (Å²) in [4.78, 5) is 2.45. The Kier molecular flexibility index (Phi) is 8.66. The van der Waals surface area contributed by atoms with Crippen molar-refractivity contribution in [3.63, 3.8) is 0 Å². The van der Waals surface area contributed by atoms with Crippen LogP contribution in [0.5, 0.6) is 0 Å². The first-order chi connectivity index (χ1) is 34.0. The zero-order valence-electron chi connectivity index (χ0n) is 38.5. The van der Waals surface area contributed by atoms with E-state index >= 15 is 0 Å². The number of hydrogen-bond acceptors (Lipinski definition) is 1. The molecule has 2 heteroatoms. The van der Waals surface area contributed by atoms with E-state index in [1.807, 2.05) is 0 Å². The molecule has 1 aliphatic carbocycles. The summed E-state index contributed by atoms with van der Waals surface area (Å²) in [6.07, 6.45) is 0. The van der Waals surface area contributed by atoms with Crippen molar-refractivity contribution < 1.29 is 0 Å². The summed E-state index contributed by atoms with van der Waals surface area (Å²) in [5.41, 5.74) is 24.6. The Morgan fingerprint density at radius 2 is 0.957 bits per heavy atom. The van der Waals surface area contributed by atoms with Crippen molar-refractivity contribution in [3.8, 4) is 72.4 Å². The summed E-state index contributed by atoms with van der Waals surface area (Å²) in [7, 11) is 0. The Bertz CT molecular complexity index is 4040. The van der Waals surface area contributed by atoms with E-state index in [1.54, 1.807) is 0 Å². The highest BCUT2D eigenvalue weighted by Crippen LogP contribution is 2.58. The standard InChI is InChI=1S/C67H46N2/c1-67(2)59-29-16-28-56-54-27-13-14-30-61(54)69-63-42-49(32-35-55(63)57-36-37-60(67)65(64(56)59)66(57)69)53-26-12-11-25-52(53)48-23-15-24-50(40-48)68(51-34-31-44-19-9-10-22-46(44)39-51)62-38-33-47(43-17-5-3-6-18-43)41-58(62)45-20-7-4-8-21-45/h3-42H,1-2H3. The molecule has 12 aromatic rings. The molecule has 0 radical (unpaired) electrons. The van der Waals surface area contributed by atoms with Crippen LogP contribution >= 0.6 is 0 Å². The minimum atomic E-state index is -0.0975. The lowest BCUT2D eigenvalue weighted by Crippen LogP contribution is -2.15. The largest absolute Gasteiger partial charge is 0.310 e. The lowest BCUT2D eigenvalue weighted by atomic mass is 9.81. The molecule has 1 aliphatic heterocycles. The van der Waals surface area contributed by atoms with Gasteiger partial charge in [0.15, 0.2) is 0 Å². The average Bonchev–Trinajstić information content (AvgIpc) is 3.81. The average molecular weight is 879 g/mol. The van der Waals surface area contributed by atoms with Gasteiger partial charge in [0.1, 0.15) is 0 Å². The zero-order chi connectivity index (χ0) is 45.8. The predicted octanol–water partition coefficient (Wildman–Crippen LogP) is 18.4. The van der Waals surface area contributed by atoms with Crippen LogP contribution in [0.1, 0.15) is 25.0 Å². The molecule has 0 N–H and O–H groups in total. The summed E-state index contributed by atoms with van der Waals surface area (Å²) in [6.45, 7) is 4.78. The minimum Gasteiger partial charge on any atom is -0.310 e. The van der Waals surface area contributed by atoms with Gasteiger partial charge in [0.25, 0.3) is 0 Å². The van der Waals surface area contributed by atoms with Crippen LogP contribution in [0.3, 0.4) is 0 Å². The molecule has 0 amide bonds. The second kappa shape index (κ2) is 15.2. The monoisotopic (exact) mass is 878 g/mol. The van der Waals surface area contributed by atoms with Crippen LogP contribution in [0.15, 0.2) is 243 Å². The van der Waals surface area contributed by atoms with Crippen LogP contribution in [-0.4, -0.2) is 4.57 Å². The fourth-order valence-corrected chi connectivity index (χ4v) is 11.8. The van der Waals surface area contributed by atoms with E-state index in [9.17, 15) is 0 Å². The van der Waals surface area contributed by atoms with Gasteiger partial charge in [-0.05, 0) is 121 Å². The highest BCUT2D eigenvalue weighted by atomic mass is 15.1. The van der Waals surface area contributed by atoms with Gasteiger partial charge in [-0.3, -0.25) is 0 Å². The number of hydrogen-bond donors (Lipinski definition) is 0. The first-order valence-electron chi connectivity index (χ1n) is 24.1. The molecule has 0 saturated heterocycles. The van der Waals surface area contributed by atoms with Crippen LogP contribution in [0.4, 0.5) is 17.1 Å². The summed E-state index contributed by atoms with van der Waals surface area (Å²) >= 11 is 0. The molecule has 69 heavy (non-hydrogen) atoms. The van der Waals surface area contributed by atoms with Crippen LogP contribution in [0.25, 0.3) is 105 Å². The third-order valence-electron chi connectivity index (χ3n) is 15.1. The van der Waals surface area contributed by atoms with E-state index in [0.717, 1.165) is 22.6 Å². The SMILES string of the molecule is CC1(C)c2cccc3c2-c2c1ccc1c4ccc(-c5ccccc5-c5cccc(N(c6ccc7ccccc7c6)c6ccc(-c7ccccc7)cc6-c6ccccc6)c5)cc4n(c21)-c1ccccc1-3. The number of fused-ring (bicyclic) bond motifs is 7. The summed E-state index contributed by atoms with van der Waals surface area (Å²) in [5, 5.41) is 4.99. The molecule has 2 nitrogen and oxygen atoms in total. The highest BCUT2D eigenvalue weighted by Gasteiger charge is 2.41. The van der Waals surface area contributed by atoms with Crippen molar-refractivity contribution >= 4 is 49.6 Å². The summed E-state index contributed by atoms with van der Waals surface area (Å²) in [6, 6.07) is 89.9. The van der Waals surface area contributed by atoms with Crippen molar-refractivity contribution in [1.29, 1.82) is 0 Å². The number of nitrogens with zero attached hydrogens (tertiary/aromatic N) is 2. The van der Waals surface area contributed by atoms with Gasteiger partial charge >= 0.3 is 0 Å². The van der Waals surface area contributed by atoms with E-state index in [0.29, 0.717) is 0 Å². The third kappa shape index (κ3) is 5.98. The molecule has 1 aromatic heterocycles. The predicted molar refractivity (Wildman–Crippen MR) is 291 cm³/mol. The molecular formula is C67H46N2. The number of aromatic nitrogens is 1. The quantitative estimate of drug-likeness (QED) is 0.155. The van der Waals surface area contributed by atoms with Gasteiger partial charge in [0.2, 0.25) is 0 Å². The maximum absolute atomic E-state index is 2.57. The number of anilines is 3. The fraction of sp³-hybridized carbons (Fsp3) is 0.0448. The Balaban J connectivity index is 0.959. The third-order valence-corrected chi connectivity index (χ3v) is 15.1. The molecule has 0 spiro atoms. The summed E-state index contributed by atoms with van der Waals surface area (Å²) < 4.78 is 2.57. The molecule has 14 rings (SSSR count). The molecule has 0 fully saturated rings. The van der Waals surface area contributed by atoms with Gasteiger partial charge in [-0.25, -0.2) is 0 Å². The lowest BCUT2D eigenvalue weighted by Gasteiger charge is -2.29. The van der Waals surface area contributed by atoms with Crippen LogP contribution in [0.2, 0.25) is 0 Å². The highest BCUT2D eigenvalue weighted by molar-refractivity contribution is 6.19. The second-order valence-corrected chi connectivity index (χ2v) is 19.2. The Morgan fingerprint density at radius 3 is 1.77 bits per heavy atom. The van der Waals surface area contributed by atoms with E-state index in [1.165, 1.54) is 111 Å². The molecule has 2 heterocycles. The minimum absolute atomic E-state index is 0.0975. The molecule has 2 aliphatic rings. The molecule has 324 valence electrons. The van der Waals surface area contributed by atoms with E-state index < -0.39 is 0 Å². The van der Waals surface area contributed by atoms with E-state index in [4.69, 9.17) is 0 Å². The van der Waals surface area contributed by atoms with Gasteiger partial charge in [-0.1, -0.05) is 208 Å². The van der Waals surface area contributed by atoms with Crippen molar-refractivity contribution in [2.75, 3.05) is 4.90 Å². The van der Waals surface area contributed by atoms with Crippen LogP contribution in [0, 0.1) is 0 Å². The second-order valence-electron chi connectivity index (χ2n) is 19.2. The number of rotatable bonds is 7. The van der Waals surface area contributed by atoms with Gasteiger partial charge in [-0.2, -0.15) is 0 Å². The van der Waals surface area contributed by atoms with Crippen molar-refractivity contribution in [2.24, 2.45) is 0 Å². The van der Waals surface area contributed by atoms with E-state index in [2.05, 4.69) is 266 Å². The number of para-hydroxylation sites is 1. The molecule has 0 saturated carbocycles. The smallest absolute Gasteiger partial charge is 0.0623 e. The van der Waals surface area contributed by atoms with Crippen molar-refractivity contribution in [1.82, 2.24) is 4.57 Å². The van der Waals surface area contributed by atoms with Crippen LogP contribution in [-0.2, 0) is 5.41 Å². The Labute approximate surface area is 402 Å². The van der Waals surface area contributed by atoms with Gasteiger partial charge in [0.05, 0.1) is 22.4 Å².